The zero-order chi connectivity index (χ0) is 17.8. The van der Waals surface area contributed by atoms with Crippen molar-refractivity contribution in [1.29, 1.82) is 0 Å². The Hall–Kier alpha value is -1.73. The van der Waals surface area contributed by atoms with Gasteiger partial charge in [-0.05, 0) is 62.3 Å². The van der Waals surface area contributed by atoms with Gasteiger partial charge in [-0.1, -0.05) is 6.07 Å². The number of halogens is 2. The molecule has 8 heteroatoms. The molecule has 0 atom stereocenters. The molecule has 4 rings (SSSR count). The van der Waals surface area contributed by atoms with Gasteiger partial charge in [0.15, 0.2) is 0 Å². The van der Waals surface area contributed by atoms with Crippen molar-refractivity contribution in [3.8, 4) is 0 Å². The highest BCUT2D eigenvalue weighted by molar-refractivity contribution is 7.98. The Morgan fingerprint density at radius 1 is 1.14 bits per heavy atom. The lowest BCUT2D eigenvalue weighted by molar-refractivity contribution is 0.0929. The van der Waals surface area contributed by atoms with Gasteiger partial charge in [-0.25, -0.2) is 4.98 Å². The van der Waals surface area contributed by atoms with Gasteiger partial charge in [0.25, 0.3) is 5.91 Å². The van der Waals surface area contributed by atoms with Gasteiger partial charge in [-0.2, -0.15) is 0 Å². The summed E-state index contributed by atoms with van der Waals surface area (Å²) in [5, 5.41) is 6.44. The van der Waals surface area contributed by atoms with Gasteiger partial charge < -0.3 is 15.0 Å². The van der Waals surface area contributed by atoms with Gasteiger partial charge in [0.05, 0.1) is 5.69 Å². The maximum atomic E-state index is 12.4. The molecule has 1 aliphatic heterocycles. The van der Waals surface area contributed by atoms with Crippen LogP contribution in [0.4, 0.5) is 0 Å². The first-order valence-electron chi connectivity index (χ1n) is 8.95. The molecule has 0 bridgehead atoms. The van der Waals surface area contributed by atoms with E-state index in [0.29, 0.717) is 0 Å². The van der Waals surface area contributed by atoms with Crippen LogP contribution in [0.15, 0.2) is 59.8 Å². The number of imidazole rings is 1. The predicted molar refractivity (Wildman–Crippen MR) is 119 cm³/mol. The number of nitrogens with zero attached hydrogens (tertiary/aromatic N) is 2. The van der Waals surface area contributed by atoms with Crippen LogP contribution in [0.5, 0.6) is 0 Å². The summed E-state index contributed by atoms with van der Waals surface area (Å²) < 4.78 is 2.03. The zero-order valence-electron chi connectivity index (χ0n) is 15.3. The smallest absolute Gasteiger partial charge is 0.251 e. The number of amides is 1. The Kier molecular flexibility index (Phi) is 8.63. The maximum absolute atomic E-state index is 12.4. The van der Waals surface area contributed by atoms with Crippen LogP contribution in [0.2, 0.25) is 0 Å². The molecule has 0 saturated carbocycles. The van der Waals surface area contributed by atoms with Crippen molar-refractivity contribution < 1.29 is 4.79 Å². The fourth-order valence-electron chi connectivity index (χ4n) is 3.15. The molecule has 1 fully saturated rings. The molecular formula is C20H24Cl2N4OS. The van der Waals surface area contributed by atoms with E-state index in [1.807, 2.05) is 53.1 Å². The number of aromatic nitrogens is 2. The van der Waals surface area contributed by atoms with Crippen molar-refractivity contribution in [3.05, 3.63) is 66.1 Å². The summed E-state index contributed by atoms with van der Waals surface area (Å²) in [6.07, 6.45) is 6.06. The van der Waals surface area contributed by atoms with Crippen LogP contribution in [0, 0.1) is 0 Å². The van der Waals surface area contributed by atoms with Crippen molar-refractivity contribution in [2.24, 2.45) is 0 Å². The number of thioether (sulfide) groups is 1. The Balaban J connectivity index is 0.00000140. The maximum Gasteiger partial charge on any atom is 0.251 e. The Morgan fingerprint density at radius 2 is 1.89 bits per heavy atom. The molecule has 1 saturated heterocycles. The number of hydrogen-bond acceptors (Lipinski definition) is 4. The summed E-state index contributed by atoms with van der Waals surface area (Å²) in [6, 6.07) is 14.1. The topological polar surface area (TPSA) is 58.4 Å². The summed E-state index contributed by atoms with van der Waals surface area (Å²) in [5.74, 6) is 0.830. The Morgan fingerprint density at radius 3 is 2.61 bits per heavy atom. The second-order valence-electron chi connectivity index (χ2n) is 6.51. The van der Waals surface area contributed by atoms with E-state index in [1.54, 1.807) is 11.8 Å². The number of rotatable bonds is 5. The van der Waals surface area contributed by atoms with Crippen molar-refractivity contribution >= 4 is 48.1 Å². The molecule has 0 spiro atoms. The van der Waals surface area contributed by atoms with Gasteiger partial charge in [-0.3, -0.25) is 4.79 Å². The lowest BCUT2D eigenvalue weighted by Crippen LogP contribution is -2.42. The van der Waals surface area contributed by atoms with E-state index in [-0.39, 0.29) is 36.8 Å². The van der Waals surface area contributed by atoms with E-state index in [4.69, 9.17) is 0 Å². The molecular weight excluding hydrogens is 415 g/mol. The fraction of sp³-hybridized carbons (Fsp3) is 0.300. The molecule has 2 N–H and O–H groups in total. The van der Waals surface area contributed by atoms with E-state index >= 15 is 0 Å². The standard InChI is InChI=1S/C20H22N4OS.2ClH/c25-20(23-16-8-10-21-11-9-16)15-4-6-18(7-5-15)26-14-17-13-24-12-2-1-3-19(24)22-17;;/h1-7,12-13,16,21H,8-11,14H2,(H,23,25);2*1H. The van der Waals surface area contributed by atoms with Crippen LogP contribution in [0.1, 0.15) is 28.9 Å². The minimum atomic E-state index is 0. The molecule has 0 unspecified atom stereocenters. The van der Waals surface area contributed by atoms with Crippen molar-refractivity contribution in [2.75, 3.05) is 13.1 Å². The highest BCUT2D eigenvalue weighted by Crippen LogP contribution is 2.23. The van der Waals surface area contributed by atoms with E-state index < -0.39 is 0 Å². The molecule has 1 aliphatic rings. The van der Waals surface area contributed by atoms with Gasteiger partial charge in [0.1, 0.15) is 5.65 Å². The van der Waals surface area contributed by atoms with Gasteiger partial charge in [-0.15, -0.1) is 36.6 Å². The molecule has 2 aromatic heterocycles. The third-order valence-corrected chi connectivity index (χ3v) is 5.64. The number of pyridine rings is 1. The zero-order valence-corrected chi connectivity index (χ0v) is 17.8. The Bertz CT molecular complexity index is 862. The van der Waals surface area contributed by atoms with E-state index in [9.17, 15) is 4.79 Å². The highest BCUT2D eigenvalue weighted by Gasteiger charge is 2.16. The van der Waals surface area contributed by atoms with Crippen LogP contribution in [-0.2, 0) is 5.75 Å². The lowest BCUT2D eigenvalue weighted by Gasteiger charge is -2.23. The summed E-state index contributed by atoms with van der Waals surface area (Å²) in [7, 11) is 0. The number of hydrogen-bond donors (Lipinski definition) is 2. The number of carbonyl (C=O) groups is 1. The van der Waals surface area contributed by atoms with Crippen LogP contribution in [0.25, 0.3) is 5.65 Å². The van der Waals surface area contributed by atoms with Gasteiger partial charge in [0.2, 0.25) is 0 Å². The first kappa shape index (κ1) is 22.6. The first-order valence-corrected chi connectivity index (χ1v) is 9.93. The van der Waals surface area contributed by atoms with Crippen molar-refractivity contribution in [2.45, 2.75) is 29.5 Å². The lowest BCUT2D eigenvalue weighted by atomic mass is 10.1. The van der Waals surface area contributed by atoms with Crippen LogP contribution in [-0.4, -0.2) is 34.4 Å². The van der Waals surface area contributed by atoms with E-state index in [0.717, 1.165) is 53.5 Å². The van der Waals surface area contributed by atoms with Crippen LogP contribution < -0.4 is 10.6 Å². The average Bonchev–Trinajstić information content (AvgIpc) is 3.10. The number of benzene rings is 1. The molecule has 3 aromatic rings. The second kappa shape index (κ2) is 10.7. The minimum absolute atomic E-state index is 0. The molecule has 3 heterocycles. The number of nitrogens with one attached hydrogen (secondary N) is 2. The predicted octanol–water partition coefficient (Wildman–Crippen LogP) is 3.95. The SMILES string of the molecule is Cl.Cl.O=C(NC1CCNCC1)c1ccc(SCc2cn3ccccc3n2)cc1. The largest absolute Gasteiger partial charge is 0.349 e. The monoisotopic (exact) mass is 438 g/mol. The first-order chi connectivity index (χ1) is 12.8. The Labute approximate surface area is 181 Å². The molecule has 0 radical (unpaired) electrons. The quantitative estimate of drug-likeness (QED) is 0.591. The van der Waals surface area contributed by atoms with Crippen LogP contribution >= 0.6 is 36.6 Å². The van der Waals surface area contributed by atoms with E-state index in [1.165, 1.54) is 0 Å². The average molecular weight is 439 g/mol. The second-order valence-corrected chi connectivity index (χ2v) is 7.56. The van der Waals surface area contributed by atoms with Crippen molar-refractivity contribution in [3.63, 3.8) is 0 Å². The van der Waals surface area contributed by atoms with Gasteiger partial charge >= 0.3 is 0 Å². The highest BCUT2D eigenvalue weighted by atomic mass is 35.5. The third kappa shape index (κ3) is 5.64. The fourth-order valence-corrected chi connectivity index (χ4v) is 3.93. The molecule has 28 heavy (non-hydrogen) atoms. The molecule has 1 amide bonds. The van der Waals surface area contributed by atoms with Crippen molar-refractivity contribution in [1.82, 2.24) is 20.0 Å². The molecule has 150 valence electrons. The number of carbonyl (C=O) groups excluding carboxylic acids is 1. The normalized spacial score (nSPS) is 14.1. The molecule has 0 aliphatic carbocycles. The number of fused-ring (bicyclic) bond motifs is 1. The van der Waals surface area contributed by atoms with E-state index in [2.05, 4.69) is 21.8 Å². The molecule has 1 aromatic carbocycles. The van der Waals surface area contributed by atoms with Gasteiger partial charge in [0, 0.05) is 34.6 Å². The summed E-state index contributed by atoms with van der Waals surface area (Å²) in [4.78, 5) is 18.1. The summed E-state index contributed by atoms with van der Waals surface area (Å²) in [6.45, 7) is 1.95. The summed E-state index contributed by atoms with van der Waals surface area (Å²) >= 11 is 1.73. The number of piperidine rings is 1. The summed E-state index contributed by atoms with van der Waals surface area (Å²) in [5.41, 5.74) is 2.74. The van der Waals surface area contributed by atoms with Crippen LogP contribution in [0.3, 0.4) is 0 Å². The minimum Gasteiger partial charge on any atom is -0.349 e. The third-order valence-electron chi connectivity index (χ3n) is 4.59. The molecule has 5 nitrogen and oxygen atoms in total.